The zero-order chi connectivity index (χ0) is 12.7. The maximum Gasteiger partial charge on any atom is 0.317 e. The highest BCUT2D eigenvalue weighted by atomic mass is 79.9. The molecule has 17 heavy (non-hydrogen) atoms. The third-order valence-corrected chi connectivity index (χ3v) is 2.42. The van der Waals surface area contributed by atoms with Gasteiger partial charge in [-0.25, -0.2) is 0 Å². The van der Waals surface area contributed by atoms with Crippen molar-refractivity contribution < 1.29 is 14.6 Å². The molecule has 1 aromatic carbocycles. The monoisotopic (exact) mass is 297 g/mol. The van der Waals surface area contributed by atoms with Gasteiger partial charge < -0.3 is 15.2 Å². The maximum atomic E-state index is 10.4. The second kappa shape index (κ2) is 6.94. The van der Waals surface area contributed by atoms with Crippen molar-refractivity contribution in [1.29, 1.82) is 0 Å². The molecule has 0 aliphatic rings. The van der Waals surface area contributed by atoms with Gasteiger partial charge in [0.2, 0.25) is 0 Å². The number of rotatable bonds is 6. The lowest BCUT2D eigenvalue weighted by atomic mass is 10.2. The van der Waals surface area contributed by atoms with Gasteiger partial charge in [0.15, 0.2) is 0 Å². The van der Waals surface area contributed by atoms with Crippen LogP contribution in [0.4, 0.5) is 0 Å². The molecule has 90 valence electrons. The van der Waals surface area contributed by atoms with Gasteiger partial charge in [-0.3, -0.25) is 4.79 Å². The average Bonchev–Trinajstić information content (AvgIpc) is 2.27. The minimum absolute atomic E-state index is 0.0961. The quantitative estimate of drug-likeness (QED) is 0.784. The summed E-state index contributed by atoms with van der Waals surface area (Å²) < 4.78 is 6.26. The van der Waals surface area contributed by atoms with E-state index >= 15 is 0 Å². The first-order valence-corrected chi connectivity index (χ1v) is 5.70. The third kappa shape index (κ3) is 4.89. The molecule has 5 heteroatoms. The number of carboxylic acid groups (broad SMARTS) is 1. The molecule has 0 aromatic heterocycles. The molecule has 1 aromatic rings. The Balaban J connectivity index is 2.69. The Morgan fingerprint density at radius 2 is 2.35 bits per heavy atom. The molecule has 0 aliphatic heterocycles. The molecular weight excluding hydrogens is 286 g/mol. The standard InChI is InChI=1S/C12H12BrNO3/c1-2-5-17-11-4-3-10(13)6-9(11)7-14-8-12(15)16/h1,3-4,6,14H,5,7-8H2,(H,15,16). The van der Waals surface area contributed by atoms with Gasteiger partial charge >= 0.3 is 5.97 Å². The Morgan fingerprint density at radius 3 is 3.00 bits per heavy atom. The van der Waals surface area contributed by atoms with Gasteiger partial charge in [0.25, 0.3) is 0 Å². The zero-order valence-corrected chi connectivity index (χ0v) is 10.7. The predicted molar refractivity (Wildman–Crippen MR) is 67.8 cm³/mol. The van der Waals surface area contributed by atoms with E-state index < -0.39 is 5.97 Å². The van der Waals surface area contributed by atoms with Crippen LogP contribution >= 0.6 is 15.9 Å². The van der Waals surface area contributed by atoms with Crippen molar-refractivity contribution >= 4 is 21.9 Å². The van der Waals surface area contributed by atoms with Crippen LogP contribution in [0.2, 0.25) is 0 Å². The summed E-state index contributed by atoms with van der Waals surface area (Å²) in [5.41, 5.74) is 0.857. The fraction of sp³-hybridized carbons (Fsp3) is 0.250. The van der Waals surface area contributed by atoms with Crippen molar-refractivity contribution in [2.45, 2.75) is 6.54 Å². The molecule has 0 aliphatic carbocycles. The average molecular weight is 298 g/mol. The zero-order valence-electron chi connectivity index (χ0n) is 9.07. The van der Waals surface area contributed by atoms with Gasteiger partial charge in [-0.05, 0) is 18.2 Å². The van der Waals surface area contributed by atoms with Gasteiger partial charge in [-0.1, -0.05) is 21.9 Å². The van der Waals surface area contributed by atoms with E-state index in [1.54, 1.807) is 6.07 Å². The number of aliphatic carboxylic acids is 1. The van der Waals surface area contributed by atoms with Gasteiger partial charge in [0.1, 0.15) is 12.4 Å². The van der Waals surface area contributed by atoms with Crippen LogP contribution in [-0.4, -0.2) is 24.2 Å². The molecule has 0 radical (unpaired) electrons. The van der Waals surface area contributed by atoms with Crippen LogP contribution in [0.3, 0.4) is 0 Å². The van der Waals surface area contributed by atoms with E-state index in [1.807, 2.05) is 12.1 Å². The van der Waals surface area contributed by atoms with Crippen LogP contribution in [0, 0.1) is 12.3 Å². The van der Waals surface area contributed by atoms with E-state index in [9.17, 15) is 4.79 Å². The van der Waals surface area contributed by atoms with E-state index in [2.05, 4.69) is 27.2 Å². The summed E-state index contributed by atoms with van der Waals surface area (Å²) in [6.45, 7) is 0.500. The minimum atomic E-state index is -0.897. The molecule has 0 spiro atoms. The Hall–Kier alpha value is -1.51. The number of hydrogen-bond acceptors (Lipinski definition) is 3. The molecule has 0 atom stereocenters. The van der Waals surface area contributed by atoms with E-state index in [4.69, 9.17) is 16.3 Å². The van der Waals surface area contributed by atoms with Crippen molar-refractivity contribution in [2.75, 3.05) is 13.2 Å². The Bertz CT molecular complexity index is 440. The highest BCUT2D eigenvalue weighted by Crippen LogP contribution is 2.23. The second-order valence-corrected chi connectivity index (χ2v) is 4.16. The number of carbonyl (C=O) groups is 1. The first kappa shape index (κ1) is 13.6. The van der Waals surface area contributed by atoms with Gasteiger partial charge in [-0.2, -0.15) is 0 Å². The summed E-state index contributed by atoms with van der Waals surface area (Å²) >= 11 is 3.35. The van der Waals surface area contributed by atoms with Crippen molar-refractivity contribution in [3.8, 4) is 18.1 Å². The summed E-state index contributed by atoms with van der Waals surface area (Å²) in [7, 11) is 0. The highest BCUT2D eigenvalue weighted by molar-refractivity contribution is 9.10. The van der Waals surface area contributed by atoms with Crippen molar-refractivity contribution in [3.63, 3.8) is 0 Å². The number of hydrogen-bond donors (Lipinski definition) is 2. The Kier molecular flexibility index (Phi) is 5.53. The molecule has 0 heterocycles. The lowest BCUT2D eigenvalue weighted by Gasteiger charge is -2.10. The van der Waals surface area contributed by atoms with Crippen LogP contribution in [-0.2, 0) is 11.3 Å². The number of halogens is 1. The normalized spacial score (nSPS) is 9.65. The second-order valence-electron chi connectivity index (χ2n) is 3.24. The molecule has 4 nitrogen and oxygen atoms in total. The van der Waals surface area contributed by atoms with E-state index in [0.29, 0.717) is 12.3 Å². The summed E-state index contributed by atoms with van der Waals surface area (Å²) in [6.07, 6.45) is 5.12. The van der Waals surface area contributed by atoms with E-state index in [0.717, 1.165) is 10.0 Å². The molecule has 0 unspecified atom stereocenters. The fourth-order valence-corrected chi connectivity index (χ4v) is 1.66. The van der Waals surface area contributed by atoms with Crippen LogP contribution in [0.5, 0.6) is 5.75 Å². The lowest BCUT2D eigenvalue weighted by molar-refractivity contribution is -0.135. The maximum absolute atomic E-state index is 10.4. The lowest BCUT2D eigenvalue weighted by Crippen LogP contribution is -2.22. The number of benzene rings is 1. The van der Waals surface area contributed by atoms with Crippen molar-refractivity contribution in [2.24, 2.45) is 0 Å². The minimum Gasteiger partial charge on any atom is -0.481 e. The molecule has 0 saturated heterocycles. The predicted octanol–water partition coefficient (Wildman–Crippen LogP) is 1.64. The van der Waals surface area contributed by atoms with Crippen LogP contribution < -0.4 is 10.1 Å². The van der Waals surface area contributed by atoms with Crippen LogP contribution in [0.15, 0.2) is 22.7 Å². The fourth-order valence-electron chi connectivity index (χ4n) is 1.25. The number of carboxylic acids is 1. The molecule has 0 amide bonds. The van der Waals surface area contributed by atoms with Crippen LogP contribution in [0.25, 0.3) is 0 Å². The molecule has 2 N–H and O–H groups in total. The summed E-state index contributed by atoms with van der Waals surface area (Å²) in [6, 6.07) is 5.49. The molecule has 0 bridgehead atoms. The molecule has 0 saturated carbocycles. The number of nitrogens with one attached hydrogen (secondary N) is 1. The first-order chi connectivity index (χ1) is 8.13. The van der Waals surface area contributed by atoms with Gasteiger partial charge in [-0.15, -0.1) is 6.42 Å². The Labute approximate surface area is 108 Å². The highest BCUT2D eigenvalue weighted by Gasteiger charge is 2.05. The van der Waals surface area contributed by atoms with Crippen molar-refractivity contribution in [1.82, 2.24) is 5.32 Å². The van der Waals surface area contributed by atoms with E-state index in [1.165, 1.54) is 0 Å². The largest absolute Gasteiger partial charge is 0.481 e. The Morgan fingerprint density at radius 1 is 1.59 bits per heavy atom. The SMILES string of the molecule is C#CCOc1ccc(Br)cc1CNCC(=O)O. The number of terminal acetylenes is 1. The first-order valence-electron chi connectivity index (χ1n) is 4.90. The van der Waals surface area contributed by atoms with Crippen LogP contribution in [0.1, 0.15) is 5.56 Å². The van der Waals surface area contributed by atoms with Crippen molar-refractivity contribution in [3.05, 3.63) is 28.2 Å². The van der Waals surface area contributed by atoms with Gasteiger partial charge in [0, 0.05) is 16.6 Å². The molecular formula is C12H12BrNO3. The van der Waals surface area contributed by atoms with E-state index in [-0.39, 0.29) is 13.2 Å². The number of ether oxygens (including phenoxy) is 1. The third-order valence-electron chi connectivity index (χ3n) is 1.93. The topological polar surface area (TPSA) is 58.6 Å². The summed E-state index contributed by atoms with van der Waals surface area (Å²) in [5, 5.41) is 11.3. The molecule has 0 fully saturated rings. The molecule has 1 rings (SSSR count). The summed E-state index contributed by atoms with van der Waals surface area (Å²) in [4.78, 5) is 10.4. The van der Waals surface area contributed by atoms with Gasteiger partial charge in [0.05, 0.1) is 6.54 Å². The smallest absolute Gasteiger partial charge is 0.317 e. The summed E-state index contributed by atoms with van der Waals surface area (Å²) in [5.74, 6) is 2.14.